The van der Waals surface area contributed by atoms with E-state index in [0.717, 1.165) is 18.4 Å². The zero-order chi connectivity index (χ0) is 13.3. The molecule has 1 aliphatic heterocycles. The van der Waals surface area contributed by atoms with Crippen LogP contribution < -0.4 is 5.73 Å². The minimum atomic E-state index is 0.170. The van der Waals surface area contributed by atoms with Crippen molar-refractivity contribution < 1.29 is 4.74 Å². The Morgan fingerprint density at radius 2 is 2.11 bits per heavy atom. The third-order valence-corrected chi connectivity index (χ3v) is 4.73. The number of anilines is 1. The summed E-state index contributed by atoms with van der Waals surface area (Å²) in [5.74, 6) is 0.581. The average Bonchev–Trinajstić information content (AvgIpc) is 2.78. The van der Waals surface area contributed by atoms with Gasteiger partial charge in [0.05, 0.1) is 16.7 Å². The van der Waals surface area contributed by atoms with E-state index in [9.17, 15) is 0 Å². The van der Waals surface area contributed by atoms with E-state index in [2.05, 4.69) is 4.98 Å². The van der Waals surface area contributed by atoms with Gasteiger partial charge in [0.2, 0.25) is 0 Å². The first-order valence-corrected chi connectivity index (χ1v) is 7.62. The van der Waals surface area contributed by atoms with E-state index < -0.39 is 0 Å². The van der Waals surface area contributed by atoms with Gasteiger partial charge in [-0.05, 0) is 37.3 Å². The molecule has 0 amide bonds. The van der Waals surface area contributed by atoms with E-state index in [1.54, 1.807) is 6.20 Å². The summed E-state index contributed by atoms with van der Waals surface area (Å²) in [5, 5.41) is 0.648. The van der Waals surface area contributed by atoms with E-state index in [1.807, 2.05) is 6.07 Å². The van der Waals surface area contributed by atoms with Gasteiger partial charge in [0.25, 0.3) is 0 Å². The molecule has 1 aromatic heterocycles. The molecule has 1 unspecified atom stereocenters. The molecule has 2 heterocycles. The van der Waals surface area contributed by atoms with Crippen LogP contribution in [0, 0.1) is 0 Å². The second kappa shape index (κ2) is 5.29. The highest BCUT2D eigenvalue weighted by Crippen LogP contribution is 2.42. The Bertz CT molecular complexity index is 457. The monoisotopic (exact) mass is 280 g/mol. The number of aromatic nitrogens is 1. The Morgan fingerprint density at radius 3 is 2.89 bits per heavy atom. The summed E-state index contributed by atoms with van der Waals surface area (Å²) in [6.45, 7) is 0. The van der Waals surface area contributed by atoms with E-state index >= 15 is 0 Å². The Hall–Kier alpha value is -0.800. The van der Waals surface area contributed by atoms with Gasteiger partial charge in [0, 0.05) is 12.6 Å². The number of hydrogen-bond acceptors (Lipinski definition) is 3. The molecule has 0 radical (unpaired) electrons. The molecule has 104 valence electrons. The van der Waals surface area contributed by atoms with Gasteiger partial charge in [-0.15, -0.1) is 0 Å². The van der Waals surface area contributed by atoms with Gasteiger partial charge in [0.1, 0.15) is 5.82 Å². The number of nitrogen functional groups attached to an aromatic ring is 1. The number of hydrogen-bond donors (Lipinski definition) is 1. The maximum Gasteiger partial charge on any atom is 0.126 e. The highest BCUT2D eigenvalue weighted by atomic mass is 35.5. The summed E-state index contributed by atoms with van der Waals surface area (Å²) < 4.78 is 6.36. The molecular formula is C15H21ClN2O. The van der Waals surface area contributed by atoms with Crippen LogP contribution in [0.25, 0.3) is 0 Å². The first-order valence-electron chi connectivity index (χ1n) is 7.25. The summed E-state index contributed by atoms with van der Waals surface area (Å²) in [7, 11) is 0. The van der Waals surface area contributed by atoms with Gasteiger partial charge in [-0.3, -0.25) is 0 Å². The second-order valence-corrected chi connectivity index (χ2v) is 6.36. The van der Waals surface area contributed by atoms with Crippen LogP contribution in [0.2, 0.25) is 5.02 Å². The zero-order valence-electron chi connectivity index (χ0n) is 11.2. The van der Waals surface area contributed by atoms with Crippen LogP contribution in [0.3, 0.4) is 0 Å². The normalized spacial score (nSPS) is 25.8. The summed E-state index contributed by atoms with van der Waals surface area (Å²) in [6.07, 6.45) is 11.5. The van der Waals surface area contributed by atoms with E-state index in [0.29, 0.717) is 10.8 Å². The van der Waals surface area contributed by atoms with Crippen molar-refractivity contribution in [3.05, 3.63) is 22.8 Å². The molecule has 4 heteroatoms. The third kappa shape index (κ3) is 2.87. The van der Waals surface area contributed by atoms with E-state index in [-0.39, 0.29) is 11.7 Å². The Labute approximate surface area is 119 Å². The molecule has 2 N–H and O–H groups in total. The number of nitrogens with zero attached hydrogens (tertiary/aromatic N) is 1. The molecule has 1 spiro atoms. The molecule has 3 rings (SSSR count). The molecule has 1 saturated carbocycles. The molecule has 0 aromatic carbocycles. The molecule has 1 aliphatic carbocycles. The van der Waals surface area contributed by atoms with Gasteiger partial charge in [-0.1, -0.05) is 30.9 Å². The van der Waals surface area contributed by atoms with Gasteiger partial charge in [-0.2, -0.15) is 0 Å². The summed E-state index contributed by atoms with van der Waals surface area (Å²) in [5.41, 5.74) is 7.10. The van der Waals surface area contributed by atoms with Gasteiger partial charge in [-0.25, -0.2) is 4.98 Å². The van der Waals surface area contributed by atoms with E-state index in [1.165, 1.54) is 38.5 Å². The topological polar surface area (TPSA) is 48.1 Å². The molecule has 2 fully saturated rings. The lowest BCUT2D eigenvalue weighted by Crippen LogP contribution is -2.32. The molecule has 1 aromatic rings. The predicted octanol–water partition coefficient (Wildman–Crippen LogP) is 3.74. The number of pyridine rings is 1. The maximum atomic E-state index is 6.36. The highest BCUT2D eigenvalue weighted by molar-refractivity contribution is 6.30. The van der Waals surface area contributed by atoms with Crippen LogP contribution in [-0.4, -0.2) is 16.7 Å². The van der Waals surface area contributed by atoms with E-state index in [4.69, 9.17) is 22.1 Å². The lowest BCUT2D eigenvalue weighted by atomic mass is 9.83. The largest absolute Gasteiger partial charge is 0.383 e. The number of halogens is 1. The van der Waals surface area contributed by atoms with Gasteiger partial charge >= 0.3 is 0 Å². The number of nitrogens with two attached hydrogens (primary N) is 1. The fourth-order valence-electron chi connectivity index (χ4n) is 3.50. The lowest BCUT2D eigenvalue weighted by Gasteiger charge is -2.33. The minimum Gasteiger partial charge on any atom is -0.383 e. The molecular weight excluding hydrogens is 260 g/mol. The molecule has 0 bridgehead atoms. The van der Waals surface area contributed by atoms with Crippen molar-refractivity contribution in [1.82, 2.24) is 4.98 Å². The minimum absolute atomic E-state index is 0.170. The van der Waals surface area contributed by atoms with Crippen molar-refractivity contribution in [2.24, 2.45) is 0 Å². The number of ether oxygens (including phenoxy) is 1. The molecule has 1 atom stereocenters. The van der Waals surface area contributed by atoms with Crippen LogP contribution in [0.5, 0.6) is 0 Å². The fraction of sp³-hybridized carbons (Fsp3) is 0.667. The van der Waals surface area contributed by atoms with Crippen molar-refractivity contribution in [2.75, 3.05) is 5.73 Å². The van der Waals surface area contributed by atoms with Crippen molar-refractivity contribution in [1.29, 1.82) is 0 Å². The summed E-state index contributed by atoms with van der Waals surface area (Å²) in [4.78, 5) is 4.12. The Balaban J connectivity index is 1.66. The molecule has 3 nitrogen and oxygen atoms in total. The van der Waals surface area contributed by atoms with Crippen molar-refractivity contribution >= 4 is 17.4 Å². The molecule has 1 saturated heterocycles. The van der Waals surface area contributed by atoms with Crippen LogP contribution in [0.15, 0.2) is 12.3 Å². The van der Waals surface area contributed by atoms with Crippen LogP contribution in [-0.2, 0) is 11.2 Å². The first kappa shape index (κ1) is 13.2. The Kier molecular flexibility index (Phi) is 3.68. The quantitative estimate of drug-likeness (QED) is 0.898. The predicted molar refractivity (Wildman–Crippen MR) is 77.3 cm³/mol. The lowest BCUT2D eigenvalue weighted by molar-refractivity contribution is -0.0628. The summed E-state index contributed by atoms with van der Waals surface area (Å²) in [6, 6.07) is 1.92. The average molecular weight is 281 g/mol. The summed E-state index contributed by atoms with van der Waals surface area (Å²) >= 11 is 5.99. The van der Waals surface area contributed by atoms with Crippen molar-refractivity contribution in [3.8, 4) is 0 Å². The van der Waals surface area contributed by atoms with Crippen LogP contribution >= 0.6 is 11.6 Å². The molecule has 19 heavy (non-hydrogen) atoms. The van der Waals surface area contributed by atoms with Crippen molar-refractivity contribution in [2.45, 2.75) is 63.1 Å². The first-order chi connectivity index (χ1) is 9.17. The fourth-order valence-corrected chi connectivity index (χ4v) is 3.68. The zero-order valence-corrected chi connectivity index (χ0v) is 12.0. The van der Waals surface area contributed by atoms with Crippen LogP contribution in [0.4, 0.5) is 5.82 Å². The third-order valence-electron chi connectivity index (χ3n) is 4.52. The van der Waals surface area contributed by atoms with Gasteiger partial charge < -0.3 is 10.5 Å². The highest BCUT2D eigenvalue weighted by Gasteiger charge is 2.40. The van der Waals surface area contributed by atoms with Gasteiger partial charge in [0.15, 0.2) is 0 Å². The second-order valence-electron chi connectivity index (χ2n) is 5.92. The smallest absolute Gasteiger partial charge is 0.126 e. The van der Waals surface area contributed by atoms with Crippen molar-refractivity contribution in [3.63, 3.8) is 0 Å². The van der Waals surface area contributed by atoms with Crippen LogP contribution in [0.1, 0.15) is 50.5 Å². The SMILES string of the molecule is Nc1ncc(Cl)cc1CC1CCC2(CCCCC2)O1. The molecule has 2 aliphatic rings. The standard InChI is InChI=1S/C15H21ClN2O/c16-12-8-11(14(17)18-10-12)9-13-4-7-15(19-13)5-2-1-3-6-15/h8,10,13H,1-7,9H2,(H2,17,18). The maximum absolute atomic E-state index is 6.36. The Morgan fingerprint density at radius 1 is 1.32 bits per heavy atom. The number of rotatable bonds is 2.